The summed E-state index contributed by atoms with van der Waals surface area (Å²) in [7, 11) is 0. The van der Waals surface area contributed by atoms with E-state index in [0.29, 0.717) is 23.7 Å². The van der Waals surface area contributed by atoms with Gasteiger partial charge in [0.15, 0.2) is 18.1 Å². The Morgan fingerprint density at radius 2 is 1.76 bits per heavy atom. The van der Waals surface area contributed by atoms with Crippen LogP contribution in [0.15, 0.2) is 66.7 Å². The molecule has 1 saturated heterocycles. The topological polar surface area (TPSA) is 111 Å². The van der Waals surface area contributed by atoms with Gasteiger partial charge in [0, 0.05) is 12.1 Å². The van der Waals surface area contributed by atoms with Gasteiger partial charge < -0.3 is 19.5 Å². The molecule has 1 atom stereocenters. The molecule has 0 aliphatic carbocycles. The van der Waals surface area contributed by atoms with Crippen LogP contribution in [-0.2, 0) is 20.9 Å². The van der Waals surface area contributed by atoms with Gasteiger partial charge in [-0.05, 0) is 54.1 Å². The first-order chi connectivity index (χ1) is 17.9. The largest absolute Gasteiger partial charge is 0.454 e. The molecular formula is C27H21ClN2O7. The number of halogens is 1. The number of nitrogens with one attached hydrogen (secondary N) is 1. The van der Waals surface area contributed by atoms with Crippen LogP contribution in [0.5, 0.6) is 11.5 Å². The predicted octanol–water partition coefficient (Wildman–Crippen LogP) is 3.53. The molecule has 1 fully saturated rings. The summed E-state index contributed by atoms with van der Waals surface area (Å²) in [6.07, 6.45) is 0.0112. The van der Waals surface area contributed by atoms with E-state index in [0.717, 1.165) is 10.5 Å². The number of ketones is 1. The van der Waals surface area contributed by atoms with E-state index in [-0.39, 0.29) is 41.2 Å². The van der Waals surface area contributed by atoms with Gasteiger partial charge in [-0.15, -0.1) is 0 Å². The Bertz CT molecular complexity index is 1390. The molecule has 3 aromatic carbocycles. The van der Waals surface area contributed by atoms with Crippen LogP contribution in [0.3, 0.4) is 0 Å². The number of hydrogen-bond acceptors (Lipinski definition) is 8. The molecule has 1 unspecified atom stereocenters. The van der Waals surface area contributed by atoms with E-state index in [1.54, 1.807) is 30.3 Å². The molecule has 0 radical (unpaired) electrons. The number of rotatable bonds is 8. The number of amides is 2. The molecule has 0 spiro atoms. The molecule has 3 aromatic rings. The zero-order valence-electron chi connectivity index (χ0n) is 19.4. The van der Waals surface area contributed by atoms with E-state index in [1.807, 2.05) is 12.1 Å². The third-order valence-electron chi connectivity index (χ3n) is 6.01. The molecule has 37 heavy (non-hydrogen) atoms. The second-order valence-electron chi connectivity index (χ2n) is 8.42. The number of nitrogens with zero attached hydrogens (tertiary/aromatic N) is 1. The fourth-order valence-electron chi connectivity index (χ4n) is 4.08. The Kier molecular flexibility index (Phi) is 6.89. The zero-order chi connectivity index (χ0) is 25.9. The normalized spacial score (nSPS) is 16.2. The number of ether oxygens (including phenoxy) is 3. The lowest BCUT2D eigenvalue weighted by atomic mass is 10.1. The standard InChI is InChI=1S/C27H21ClN2O7/c28-20-4-2-1-3-19(20)22(31)14-35-27(34)17-6-8-18(9-7-17)30-25(32)12-21(26(30)33)29-13-16-5-10-23-24(11-16)37-15-36-23/h1-11,21,29H,12-15H2. The number of carbonyl (C=O) groups excluding carboxylic acids is 4. The lowest BCUT2D eigenvalue weighted by Gasteiger charge is -2.16. The summed E-state index contributed by atoms with van der Waals surface area (Å²) >= 11 is 6.00. The van der Waals surface area contributed by atoms with Crippen molar-refractivity contribution < 1.29 is 33.4 Å². The van der Waals surface area contributed by atoms with E-state index in [9.17, 15) is 19.2 Å². The van der Waals surface area contributed by atoms with Crippen LogP contribution >= 0.6 is 11.6 Å². The number of esters is 1. The summed E-state index contributed by atoms with van der Waals surface area (Å²) in [5.41, 5.74) is 1.66. The number of carbonyl (C=O) groups is 4. The quantitative estimate of drug-likeness (QED) is 0.273. The molecule has 10 heteroatoms. The van der Waals surface area contributed by atoms with Gasteiger partial charge in [0.2, 0.25) is 18.5 Å². The lowest BCUT2D eigenvalue weighted by molar-refractivity contribution is -0.121. The maximum Gasteiger partial charge on any atom is 0.338 e. The van der Waals surface area contributed by atoms with Crippen molar-refractivity contribution in [3.63, 3.8) is 0 Å². The van der Waals surface area contributed by atoms with Crippen molar-refractivity contribution in [1.82, 2.24) is 5.32 Å². The summed E-state index contributed by atoms with van der Waals surface area (Å²) in [6, 6.07) is 17.1. The number of benzene rings is 3. The number of imide groups is 1. The first-order valence-electron chi connectivity index (χ1n) is 11.4. The Hall–Kier alpha value is -4.21. The van der Waals surface area contributed by atoms with E-state index in [1.165, 1.54) is 24.3 Å². The number of Topliss-reactive ketones (excluding diaryl/α,β-unsaturated/α-hetero) is 1. The second-order valence-corrected chi connectivity index (χ2v) is 8.83. The van der Waals surface area contributed by atoms with E-state index in [4.69, 9.17) is 25.8 Å². The van der Waals surface area contributed by atoms with Crippen molar-refractivity contribution in [3.8, 4) is 11.5 Å². The van der Waals surface area contributed by atoms with Gasteiger partial charge in [-0.2, -0.15) is 0 Å². The van der Waals surface area contributed by atoms with Crippen LogP contribution in [0, 0.1) is 0 Å². The minimum absolute atomic E-state index is 0.0112. The molecule has 0 saturated carbocycles. The molecule has 2 heterocycles. The van der Waals surface area contributed by atoms with Crippen LogP contribution < -0.4 is 19.7 Å². The van der Waals surface area contributed by atoms with Crippen molar-refractivity contribution in [3.05, 3.63) is 88.4 Å². The summed E-state index contributed by atoms with van der Waals surface area (Å²) < 4.78 is 15.8. The lowest BCUT2D eigenvalue weighted by Crippen LogP contribution is -2.38. The molecule has 1 N–H and O–H groups in total. The van der Waals surface area contributed by atoms with Crippen molar-refractivity contribution in [2.45, 2.75) is 19.0 Å². The molecule has 9 nitrogen and oxygen atoms in total. The van der Waals surface area contributed by atoms with E-state index >= 15 is 0 Å². The molecule has 2 aliphatic rings. The second kappa shape index (κ2) is 10.4. The zero-order valence-corrected chi connectivity index (χ0v) is 20.2. The van der Waals surface area contributed by atoms with Crippen molar-refractivity contribution in [2.75, 3.05) is 18.3 Å². The molecule has 0 bridgehead atoms. The van der Waals surface area contributed by atoms with Gasteiger partial charge in [-0.25, -0.2) is 9.69 Å². The highest BCUT2D eigenvalue weighted by molar-refractivity contribution is 6.34. The molecule has 2 amide bonds. The Morgan fingerprint density at radius 3 is 2.54 bits per heavy atom. The third kappa shape index (κ3) is 5.18. The van der Waals surface area contributed by atoms with Crippen molar-refractivity contribution >= 4 is 40.9 Å². The van der Waals surface area contributed by atoms with E-state index in [2.05, 4.69) is 5.32 Å². The highest BCUT2D eigenvalue weighted by Crippen LogP contribution is 2.32. The van der Waals surface area contributed by atoms with Crippen molar-refractivity contribution in [2.24, 2.45) is 0 Å². The van der Waals surface area contributed by atoms with Crippen LogP contribution in [0.2, 0.25) is 5.02 Å². The average Bonchev–Trinajstić information content (AvgIpc) is 3.49. The van der Waals surface area contributed by atoms with Crippen LogP contribution in [0.1, 0.15) is 32.7 Å². The van der Waals surface area contributed by atoms with Crippen LogP contribution in [0.4, 0.5) is 5.69 Å². The minimum Gasteiger partial charge on any atom is -0.454 e. The van der Waals surface area contributed by atoms with Crippen LogP contribution in [0.25, 0.3) is 0 Å². The maximum absolute atomic E-state index is 12.9. The number of hydrogen-bond donors (Lipinski definition) is 1. The molecule has 188 valence electrons. The third-order valence-corrected chi connectivity index (χ3v) is 6.34. The molecule has 0 aromatic heterocycles. The minimum atomic E-state index is -0.714. The molecule has 2 aliphatic heterocycles. The van der Waals surface area contributed by atoms with Gasteiger partial charge in [0.05, 0.1) is 28.7 Å². The number of fused-ring (bicyclic) bond motifs is 1. The van der Waals surface area contributed by atoms with Crippen LogP contribution in [-0.4, -0.2) is 43.0 Å². The fourth-order valence-corrected chi connectivity index (χ4v) is 4.32. The smallest absolute Gasteiger partial charge is 0.338 e. The molecule has 5 rings (SSSR count). The van der Waals surface area contributed by atoms with Gasteiger partial charge in [0.25, 0.3) is 5.91 Å². The summed E-state index contributed by atoms with van der Waals surface area (Å²) in [5, 5.41) is 3.39. The maximum atomic E-state index is 12.9. The highest BCUT2D eigenvalue weighted by atomic mass is 35.5. The highest BCUT2D eigenvalue weighted by Gasteiger charge is 2.39. The van der Waals surface area contributed by atoms with Gasteiger partial charge in [-0.1, -0.05) is 29.8 Å². The summed E-state index contributed by atoms with van der Waals surface area (Å²) in [5.74, 6) is -0.569. The Balaban J connectivity index is 1.17. The Labute approximate surface area is 216 Å². The van der Waals surface area contributed by atoms with Gasteiger partial charge >= 0.3 is 5.97 Å². The number of anilines is 1. The SMILES string of the molecule is O=C(OCC(=O)c1ccccc1Cl)c1ccc(N2C(=O)CC(NCc3ccc4c(c3)OCO4)C2=O)cc1. The van der Waals surface area contributed by atoms with Gasteiger partial charge in [0.1, 0.15) is 0 Å². The summed E-state index contributed by atoms with van der Waals surface area (Å²) in [6.45, 7) is 0.0734. The molecular weight excluding hydrogens is 500 g/mol. The fraction of sp³-hybridized carbons (Fsp3) is 0.185. The first kappa shape index (κ1) is 24.5. The summed E-state index contributed by atoms with van der Waals surface area (Å²) in [4.78, 5) is 51.3. The Morgan fingerprint density at radius 1 is 1.00 bits per heavy atom. The first-order valence-corrected chi connectivity index (χ1v) is 11.8. The average molecular weight is 521 g/mol. The van der Waals surface area contributed by atoms with Crippen molar-refractivity contribution in [1.29, 1.82) is 0 Å². The monoisotopic (exact) mass is 520 g/mol. The van der Waals surface area contributed by atoms with E-state index < -0.39 is 24.4 Å². The van der Waals surface area contributed by atoms with Gasteiger partial charge in [-0.3, -0.25) is 14.4 Å². The predicted molar refractivity (Wildman–Crippen MR) is 133 cm³/mol.